The second-order valence-electron chi connectivity index (χ2n) is 5.10. The summed E-state index contributed by atoms with van der Waals surface area (Å²) in [5.74, 6) is 0. The number of para-hydroxylation sites is 2. The molecule has 1 radical (unpaired) electrons. The van der Waals surface area contributed by atoms with Gasteiger partial charge in [-0.05, 0) is 42.8 Å². The van der Waals surface area contributed by atoms with Crippen LogP contribution in [-0.4, -0.2) is 4.57 Å². The molecule has 0 aliphatic rings. The molecule has 0 bridgehead atoms. The van der Waals surface area contributed by atoms with Crippen molar-refractivity contribution >= 4 is 21.8 Å². The minimum Gasteiger partial charge on any atom is -0.309 e. The largest absolute Gasteiger partial charge is 0.309 e. The van der Waals surface area contributed by atoms with Gasteiger partial charge in [-0.15, -0.1) is 0 Å². The van der Waals surface area contributed by atoms with E-state index in [4.69, 9.17) is 0 Å². The summed E-state index contributed by atoms with van der Waals surface area (Å²) in [4.78, 5) is 0. The Hall–Kier alpha value is -2.54. The fourth-order valence-electron chi connectivity index (χ4n) is 2.91. The van der Waals surface area contributed by atoms with Crippen LogP contribution in [0.25, 0.3) is 27.5 Å². The van der Waals surface area contributed by atoms with Crippen LogP contribution in [0, 0.1) is 13.0 Å². The molecule has 1 aromatic heterocycles. The smallest absolute Gasteiger partial charge is 0.0541 e. The summed E-state index contributed by atoms with van der Waals surface area (Å²) in [6, 6.07) is 26.6. The van der Waals surface area contributed by atoms with Crippen molar-refractivity contribution in [2.24, 2.45) is 0 Å². The average Bonchev–Trinajstić information content (AvgIpc) is 2.82. The molecule has 4 rings (SSSR count). The predicted octanol–water partition coefficient (Wildman–Crippen LogP) is 4.89. The van der Waals surface area contributed by atoms with Crippen molar-refractivity contribution in [2.75, 3.05) is 0 Å². The first-order chi connectivity index (χ1) is 9.84. The number of fused-ring (bicyclic) bond motifs is 3. The molecule has 3 aromatic carbocycles. The maximum absolute atomic E-state index is 3.22. The highest BCUT2D eigenvalue weighted by Gasteiger charge is 2.10. The Balaban J connectivity index is 2.21. The molecule has 0 saturated heterocycles. The zero-order valence-electron chi connectivity index (χ0n) is 11.3. The molecule has 0 aliphatic heterocycles. The van der Waals surface area contributed by atoms with Crippen LogP contribution in [0.5, 0.6) is 0 Å². The van der Waals surface area contributed by atoms with E-state index in [9.17, 15) is 0 Å². The van der Waals surface area contributed by atoms with Gasteiger partial charge in [-0.3, -0.25) is 0 Å². The van der Waals surface area contributed by atoms with Gasteiger partial charge in [0.25, 0.3) is 0 Å². The number of benzene rings is 3. The highest BCUT2D eigenvalue weighted by atomic mass is 15.0. The van der Waals surface area contributed by atoms with Crippen LogP contribution in [0.15, 0.2) is 66.7 Å². The van der Waals surface area contributed by atoms with Crippen LogP contribution >= 0.6 is 0 Å². The van der Waals surface area contributed by atoms with Crippen LogP contribution in [0.4, 0.5) is 0 Å². The van der Waals surface area contributed by atoms with Gasteiger partial charge in [0.15, 0.2) is 0 Å². The third-order valence-electron chi connectivity index (χ3n) is 3.77. The Morgan fingerprint density at radius 3 is 2.00 bits per heavy atom. The van der Waals surface area contributed by atoms with Gasteiger partial charge in [0.05, 0.1) is 11.0 Å². The maximum Gasteiger partial charge on any atom is 0.0541 e. The number of hydrogen-bond acceptors (Lipinski definition) is 0. The third-order valence-corrected chi connectivity index (χ3v) is 3.77. The summed E-state index contributed by atoms with van der Waals surface area (Å²) in [6.45, 7) is 2.08. The molecule has 0 N–H and O–H groups in total. The van der Waals surface area contributed by atoms with Gasteiger partial charge in [-0.2, -0.15) is 0 Å². The molecule has 0 aliphatic carbocycles. The van der Waals surface area contributed by atoms with Crippen molar-refractivity contribution in [1.82, 2.24) is 4.57 Å². The van der Waals surface area contributed by atoms with Gasteiger partial charge in [0.2, 0.25) is 0 Å². The fraction of sp³-hybridized carbons (Fsp3) is 0.0526. The van der Waals surface area contributed by atoms with E-state index in [0.29, 0.717) is 0 Å². The molecule has 0 fully saturated rings. The zero-order chi connectivity index (χ0) is 13.5. The topological polar surface area (TPSA) is 4.93 Å². The number of aryl methyl sites for hydroxylation is 1. The Labute approximate surface area is 118 Å². The van der Waals surface area contributed by atoms with Crippen molar-refractivity contribution < 1.29 is 0 Å². The molecule has 0 atom stereocenters. The van der Waals surface area contributed by atoms with Crippen LogP contribution < -0.4 is 0 Å². The van der Waals surface area contributed by atoms with E-state index < -0.39 is 0 Å². The highest BCUT2D eigenvalue weighted by molar-refractivity contribution is 6.09. The molecule has 1 heterocycles. The monoisotopic (exact) mass is 256 g/mol. The first-order valence-electron chi connectivity index (χ1n) is 6.81. The lowest BCUT2D eigenvalue weighted by atomic mass is 10.2. The molecule has 1 heteroatoms. The summed E-state index contributed by atoms with van der Waals surface area (Å²) in [6.07, 6.45) is 0. The van der Waals surface area contributed by atoms with Gasteiger partial charge in [0.1, 0.15) is 0 Å². The fourth-order valence-corrected chi connectivity index (χ4v) is 2.91. The minimum absolute atomic E-state index is 1.16. The van der Waals surface area contributed by atoms with Crippen LogP contribution in [0.3, 0.4) is 0 Å². The van der Waals surface area contributed by atoms with Gasteiger partial charge < -0.3 is 4.57 Å². The van der Waals surface area contributed by atoms with Crippen molar-refractivity contribution in [3.63, 3.8) is 0 Å². The molecule has 0 unspecified atom stereocenters. The van der Waals surface area contributed by atoms with Crippen molar-refractivity contribution in [3.8, 4) is 5.69 Å². The van der Waals surface area contributed by atoms with E-state index in [1.54, 1.807) is 0 Å². The molecular weight excluding hydrogens is 242 g/mol. The van der Waals surface area contributed by atoms with Gasteiger partial charge in [-0.1, -0.05) is 42.5 Å². The van der Waals surface area contributed by atoms with Crippen molar-refractivity contribution in [1.29, 1.82) is 0 Å². The molecular formula is C19H14N. The average molecular weight is 256 g/mol. The Morgan fingerprint density at radius 2 is 1.40 bits per heavy atom. The van der Waals surface area contributed by atoms with E-state index in [1.807, 2.05) is 6.07 Å². The number of nitrogens with zero attached hydrogens (tertiary/aromatic N) is 1. The second-order valence-corrected chi connectivity index (χ2v) is 5.10. The lowest BCUT2D eigenvalue weighted by molar-refractivity contribution is 1.17. The molecule has 95 valence electrons. The van der Waals surface area contributed by atoms with E-state index in [1.165, 1.54) is 27.5 Å². The molecule has 20 heavy (non-hydrogen) atoms. The van der Waals surface area contributed by atoms with Crippen molar-refractivity contribution in [2.45, 2.75) is 6.92 Å². The minimum atomic E-state index is 1.16. The Kier molecular flexibility index (Phi) is 2.40. The summed E-state index contributed by atoms with van der Waals surface area (Å²) in [5.41, 5.74) is 4.85. The van der Waals surface area contributed by atoms with Crippen LogP contribution in [0.1, 0.15) is 5.56 Å². The standard InChI is InChI=1S/C19H14N/c1-14-7-6-8-15(13-14)20-18-11-4-2-9-16(18)17-10-3-5-12-19(17)20/h2-6,8-13H,1H3. The molecule has 4 aromatic rings. The summed E-state index contributed by atoms with van der Waals surface area (Å²) >= 11 is 0. The number of aromatic nitrogens is 1. The SMILES string of the molecule is Cc1[c]ccc(-n2c3ccccc3c3ccccc32)c1. The van der Waals surface area contributed by atoms with E-state index in [0.717, 1.165) is 5.56 Å². The number of rotatable bonds is 1. The van der Waals surface area contributed by atoms with Crippen LogP contribution in [0.2, 0.25) is 0 Å². The number of hydrogen-bond donors (Lipinski definition) is 0. The highest BCUT2D eigenvalue weighted by Crippen LogP contribution is 2.31. The van der Waals surface area contributed by atoms with Gasteiger partial charge in [0, 0.05) is 16.5 Å². The van der Waals surface area contributed by atoms with Crippen molar-refractivity contribution in [3.05, 3.63) is 78.4 Å². The first-order valence-corrected chi connectivity index (χ1v) is 6.81. The predicted molar refractivity (Wildman–Crippen MR) is 84.4 cm³/mol. The lowest BCUT2D eigenvalue weighted by Gasteiger charge is -2.08. The van der Waals surface area contributed by atoms with E-state index in [2.05, 4.69) is 78.2 Å². The Morgan fingerprint density at radius 1 is 0.800 bits per heavy atom. The molecule has 1 nitrogen and oxygen atoms in total. The van der Waals surface area contributed by atoms with E-state index in [-0.39, 0.29) is 0 Å². The summed E-state index contributed by atoms with van der Waals surface area (Å²) < 4.78 is 2.32. The quantitative estimate of drug-likeness (QED) is 0.457. The molecule has 0 saturated carbocycles. The molecule has 0 amide bonds. The summed E-state index contributed by atoms with van der Waals surface area (Å²) in [7, 11) is 0. The lowest BCUT2D eigenvalue weighted by Crippen LogP contribution is -1.93. The van der Waals surface area contributed by atoms with Crippen LogP contribution in [-0.2, 0) is 0 Å². The van der Waals surface area contributed by atoms with E-state index >= 15 is 0 Å². The molecule has 0 spiro atoms. The second kappa shape index (κ2) is 4.24. The zero-order valence-corrected chi connectivity index (χ0v) is 11.3. The van der Waals surface area contributed by atoms with Gasteiger partial charge in [-0.25, -0.2) is 0 Å². The summed E-state index contributed by atoms with van der Waals surface area (Å²) in [5, 5.41) is 2.60. The maximum atomic E-state index is 3.22. The normalized spacial score (nSPS) is 11.2. The third kappa shape index (κ3) is 1.56. The first kappa shape index (κ1) is 11.3. The Bertz CT molecular complexity index is 862. The van der Waals surface area contributed by atoms with Gasteiger partial charge >= 0.3 is 0 Å².